The maximum absolute atomic E-state index is 12.3. The number of hydrogen-bond acceptors (Lipinski definition) is 4. The van der Waals surface area contributed by atoms with E-state index >= 15 is 0 Å². The van der Waals surface area contributed by atoms with E-state index in [0.29, 0.717) is 17.8 Å². The van der Waals surface area contributed by atoms with E-state index < -0.39 is 5.63 Å². The van der Waals surface area contributed by atoms with Crippen molar-refractivity contribution in [2.75, 3.05) is 17.2 Å². The van der Waals surface area contributed by atoms with Crippen molar-refractivity contribution < 1.29 is 9.21 Å². The van der Waals surface area contributed by atoms with Crippen molar-refractivity contribution in [3.05, 3.63) is 34.7 Å². The molecule has 0 spiro atoms. The molecule has 6 nitrogen and oxygen atoms in total. The molecule has 1 aromatic heterocycles. The minimum absolute atomic E-state index is 0.164. The van der Waals surface area contributed by atoms with Crippen molar-refractivity contribution in [2.45, 2.75) is 45.1 Å². The van der Waals surface area contributed by atoms with E-state index in [0.717, 1.165) is 37.5 Å². The van der Waals surface area contributed by atoms with Crippen LogP contribution in [-0.4, -0.2) is 18.6 Å². The minimum Gasteiger partial charge on any atom is -0.421 e. The number of urea groups is 1. The Morgan fingerprint density at radius 1 is 1.21 bits per heavy atom. The molecule has 1 fully saturated rings. The Morgan fingerprint density at radius 3 is 2.71 bits per heavy atom. The van der Waals surface area contributed by atoms with Gasteiger partial charge in [-0.15, -0.1) is 0 Å². The predicted octanol–water partition coefficient (Wildman–Crippen LogP) is 3.68. The van der Waals surface area contributed by atoms with Gasteiger partial charge in [0.2, 0.25) is 0 Å². The second-order valence-electron chi connectivity index (χ2n) is 6.14. The zero-order valence-corrected chi connectivity index (χ0v) is 13.9. The molecule has 128 valence electrons. The Hall–Kier alpha value is -2.50. The van der Waals surface area contributed by atoms with Gasteiger partial charge in [-0.3, -0.25) is 5.32 Å². The highest BCUT2D eigenvalue weighted by Gasteiger charge is 2.20. The lowest BCUT2D eigenvalue weighted by atomic mass is 10.2. The van der Waals surface area contributed by atoms with Crippen LogP contribution < -0.4 is 21.6 Å². The van der Waals surface area contributed by atoms with Crippen molar-refractivity contribution in [3.8, 4) is 0 Å². The second-order valence-corrected chi connectivity index (χ2v) is 6.14. The van der Waals surface area contributed by atoms with Crippen LogP contribution in [0.25, 0.3) is 11.0 Å². The Bertz CT molecular complexity index is 779. The number of para-hydroxylation sites is 1. The number of hydrogen-bond donors (Lipinski definition) is 3. The molecule has 1 aliphatic carbocycles. The summed E-state index contributed by atoms with van der Waals surface area (Å²) in [7, 11) is 0. The van der Waals surface area contributed by atoms with Crippen molar-refractivity contribution in [3.63, 3.8) is 0 Å². The summed E-state index contributed by atoms with van der Waals surface area (Å²) < 4.78 is 5.35. The average Bonchev–Trinajstić information content (AvgIpc) is 3.07. The first-order valence-electron chi connectivity index (χ1n) is 8.56. The number of amides is 2. The lowest BCUT2D eigenvalue weighted by Crippen LogP contribution is -2.37. The van der Waals surface area contributed by atoms with E-state index in [1.165, 1.54) is 0 Å². The third kappa shape index (κ3) is 3.53. The van der Waals surface area contributed by atoms with Crippen LogP contribution >= 0.6 is 0 Å². The zero-order chi connectivity index (χ0) is 16.9. The average molecular weight is 329 g/mol. The van der Waals surface area contributed by atoms with E-state index in [9.17, 15) is 9.59 Å². The smallest absolute Gasteiger partial charge is 0.362 e. The Balaban J connectivity index is 1.91. The molecule has 24 heavy (non-hydrogen) atoms. The van der Waals surface area contributed by atoms with Gasteiger partial charge in [-0.2, -0.15) is 0 Å². The van der Waals surface area contributed by atoms with Crippen molar-refractivity contribution in [2.24, 2.45) is 0 Å². The maximum atomic E-state index is 12.3. The number of anilines is 2. The molecule has 3 N–H and O–H groups in total. The number of benzene rings is 1. The van der Waals surface area contributed by atoms with E-state index in [2.05, 4.69) is 16.0 Å². The molecule has 1 aliphatic rings. The molecule has 2 aromatic rings. The van der Waals surface area contributed by atoms with Gasteiger partial charge in [0, 0.05) is 18.0 Å². The molecule has 1 heterocycles. The monoisotopic (exact) mass is 329 g/mol. The Labute approximate surface area is 140 Å². The van der Waals surface area contributed by atoms with Crippen LogP contribution in [0.3, 0.4) is 0 Å². The van der Waals surface area contributed by atoms with E-state index in [4.69, 9.17) is 4.42 Å². The molecule has 0 bridgehead atoms. The first-order chi connectivity index (χ1) is 11.7. The molecule has 0 atom stereocenters. The van der Waals surface area contributed by atoms with Crippen LogP contribution in [0.4, 0.5) is 16.2 Å². The summed E-state index contributed by atoms with van der Waals surface area (Å²) in [4.78, 5) is 24.6. The van der Waals surface area contributed by atoms with E-state index in [1.54, 1.807) is 6.07 Å². The Morgan fingerprint density at radius 2 is 1.96 bits per heavy atom. The summed E-state index contributed by atoms with van der Waals surface area (Å²) >= 11 is 0. The highest BCUT2D eigenvalue weighted by atomic mass is 16.4. The van der Waals surface area contributed by atoms with Gasteiger partial charge < -0.3 is 15.1 Å². The van der Waals surface area contributed by atoms with Crippen LogP contribution in [0.15, 0.2) is 33.5 Å². The SMILES string of the molecule is CCCNc1c(NC(=O)NC2CCCC2)c(=O)oc2ccccc12. The lowest BCUT2D eigenvalue weighted by Gasteiger charge is -2.16. The van der Waals surface area contributed by atoms with Crippen molar-refractivity contribution in [1.29, 1.82) is 0 Å². The molecule has 1 aromatic carbocycles. The predicted molar refractivity (Wildman–Crippen MR) is 95.7 cm³/mol. The van der Waals surface area contributed by atoms with Gasteiger partial charge in [0.05, 0.1) is 5.69 Å². The molecule has 0 unspecified atom stereocenters. The fourth-order valence-corrected chi connectivity index (χ4v) is 3.10. The van der Waals surface area contributed by atoms with Gasteiger partial charge in [0.1, 0.15) is 5.58 Å². The number of rotatable bonds is 5. The minimum atomic E-state index is -0.547. The van der Waals surface area contributed by atoms with E-state index in [-0.39, 0.29) is 17.8 Å². The number of carbonyl (C=O) groups is 1. The first kappa shape index (κ1) is 16.4. The topological polar surface area (TPSA) is 83.4 Å². The first-order valence-corrected chi connectivity index (χ1v) is 8.56. The molecule has 2 amide bonds. The summed E-state index contributed by atoms with van der Waals surface area (Å²) in [5, 5.41) is 9.64. The highest BCUT2D eigenvalue weighted by molar-refractivity contribution is 6.01. The Kier molecular flexibility index (Phi) is 5.03. The van der Waals surface area contributed by atoms with E-state index in [1.807, 2.05) is 25.1 Å². The fourth-order valence-electron chi connectivity index (χ4n) is 3.10. The highest BCUT2D eigenvalue weighted by Crippen LogP contribution is 2.28. The van der Waals surface area contributed by atoms with Gasteiger partial charge in [-0.25, -0.2) is 9.59 Å². The van der Waals surface area contributed by atoms with Crippen LogP contribution in [-0.2, 0) is 0 Å². The van der Waals surface area contributed by atoms with Gasteiger partial charge in [0.25, 0.3) is 0 Å². The van der Waals surface area contributed by atoms with Crippen LogP contribution in [0.1, 0.15) is 39.0 Å². The molecule has 0 aliphatic heterocycles. The van der Waals surface area contributed by atoms with Crippen molar-refractivity contribution >= 4 is 28.4 Å². The lowest BCUT2D eigenvalue weighted by molar-refractivity contribution is 0.248. The molecular formula is C18H23N3O3. The fraction of sp³-hybridized carbons (Fsp3) is 0.444. The normalized spacial score (nSPS) is 14.7. The standard InChI is InChI=1S/C18H23N3O3/c1-2-11-19-15-13-9-5-6-10-14(13)24-17(22)16(15)21-18(23)20-12-7-3-4-8-12/h5-6,9-10,12,19H,2-4,7-8,11H2,1H3,(H2,20,21,23). The van der Waals surface area contributed by atoms with Crippen LogP contribution in [0, 0.1) is 0 Å². The molecule has 0 radical (unpaired) electrons. The second kappa shape index (κ2) is 7.38. The maximum Gasteiger partial charge on any atom is 0.362 e. The molecule has 3 rings (SSSR count). The summed E-state index contributed by atoms with van der Waals surface area (Å²) in [6.07, 6.45) is 5.14. The molecule has 0 saturated heterocycles. The molecule has 6 heteroatoms. The molecular weight excluding hydrogens is 306 g/mol. The largest absolute Gasteiger partial charge is 0.421 e. The third-order valence-electron chi connectivity index (χ3n) is 4.29. The number of carbonyl (C=O) groups excluding carboxylic acids is 1. The summed E-state index contributed by atoms with van der Waals surface area (Å²) in [5.74, 6) is 0. The van der Waals surface area contributed by atoms with Crippen LogP contribution in [0.2, 0.25) is 0 Å². The summed E-state index contributed by atoms with van der Waals surface area (Å²) in [6, 6.07) is 7.14. The quantitative estimate of drug-likeness (QED) is 0.731. The zero-order valence-electron chi connectivity index (χ0n) is 13.9. The number of nitrogens with one attached hydrogen (secondary N) is 3. The van der Waals surface area contributed by atoms with Gasteiger partial charge in [-0.05, 0) is 31.4 Å². The van der Waals surface area contributed by atoms with Gasteiger partial charge >= 0.3 is 11.7 Å². The third-order valence-corrected chi connectivity index (χ3v) is 4.29. The van der Waals surface area contributed by atoms with Gasteiger partial charge in [-0.1, -0.05) is 31.9 Å². The summed E-state index contributed by atoms with van der Waals surface area (Å²) in [5.41, 5.74) is 0.736. The van der Waals surface area contributed by atoms with Crippen LogP contribution in [0.5, 0.6) is 0 Å². The van der Waals surface area contributed by atoms with Crippen molar-refractivity contribution in [1.82, 2.24) is 5.32 Å². The number of fused-ring (bicyclic) bond motifs is 1. The molecule has 1 saturated carbocycles. The summed E-state index contributed by atoms with van der Waals surface area (Å²) in [6.45, 7) is 2.74. The van der Waals surface area contributed by atoms with Gasteiger partial charge in [0.15, 0.2) is 5.69 Å².